The van der Waals surface area contributed by atoms with E-state index in [1.807, 2.05) is 25.1 Å². The van der Waals surface area contributed by atoms with Crippen LogP contribution in [0.1, 0.15) is 31.2 Å². The number of hydrogen-bond acceptors (Lipinski definition) is 3. The number of carbonyl (C=O) groups excluding carboxylic acids is 1. The number of amides is 2. The van der Waals surface area contributed by atoms with Gasteiger partial charge in [-0.3, -0.25) is 9.78 Å². The van der Waals surface area contributed by atoms with Crippen molar-refractivity contribution < 1.29 is 14.7 Å². The third-order valence-electron chi connectivity index (χ3n) is 4.04. The number of nitrogens with one attached hydrogen (secondary N) is 1. The largest absolute Gasteiger partial charge is 0.481 e. The van der Waals surface area contributed by atoms with Crippen LogP contribution in [0.5, 0.6) is 0 Å². The number of aromatic nitrogens is 1. The van der Waals surface area contributed by atoms with Gasteiger partial charge < -0.3 is 15.3 Å². The summed E-state index contributed by atoms with van der Waals surface area (Å²) < 4.78 is 0. The van der Waals surface area contributed by atoms with Crippen molar-refractivity contribution in [2.45, 2.75) is 33.2 Å². The van der Waals surface area contributed by atoms with E-state index in [1.54, 1.807) is 11.8 Å². The fourth-order valence-corrected chi connectivity index (χ4v) is 2.39. The molecular weight excluding hydrogens is 270 g/mol. The number of likely N-dealkylation sites (tertiary alicyclic amines) is 1. The first-order valence-corrected chi connectivity index (χ1v) is 7.09. The Morgan fingerprint density at radius 3 is 2.62 bits per heavy atom. The lowest BCUT2D eigenvalue weighted by atomic mass is 9.80. The molecule has 0 aliphatic carbocycles. The minimum atomic E-state index is -0.786. The molecule has 1 fully saturated rings. The van der Waals surface area contributed by atoms with Gasteiger partial charge in [0.25, 0.3) is 0 Å². The van der Waals surface area contributed by atoms with Crippen LogP contribution in [-0.4, -0.2) is 40.1 Å². The summed E-state index contributed by atoms with van der Waals surface area (Å²) in [6, 6.07) is 5.52. The molecule has 6 heteroatoms. The fourth-order valence-electron chi connectivity index (χ4n) is 2.39. The molecular formula is C15H21N3O3. The molecule has 2 heterocycles. The predicted octanol–water partition coefficient (Wildman–Crippen LogP) is 1.79. The molecule has 2 amide bonds. The van der Waals surface area contributed by atoms with Gasteiger partial charge in [-0.25, -0.2) is 4.79 Å². The van der Waals surface area contributed by atoms with E-state index in [0.29, 0.717) is 32.5 Å². The lowest BCUT2D eigenvalue weighted by Crippen LogP contribution is -2.48. The summed E-state index contributed by atoms with van der Waals surface area (Å²) in [6.45, 7) is 4.96. The van der Waals surface area contributed by atoms with E-state index in [2.05, 4.69) is 10.3 Å². The molecule has 2 N–H and O–H groups in total. The van der Waals surface area contributed by atoms with Gasteiger partial charge in [0, 0.05) is 18.8 Å². The Balaban J connectivity index is 1.84. The van der Waals surface area contributed by atoms with Crippen molar-refractivity contribution >= 4 is 12.0 Å². The van der Waals surface area contributed by atoms with E-state index in [-0.39, 0.29) is 6.03 Å². The van der Waals surface area contributed by atoms with Crippen LogP contribution in [-0.2, 0) is 11.3 Å². The average Bonchev–Trinajstić information content (AvgIpc) is 2.45. The molecule has 0 bridgehead atoms. The van der Waals surface area contributed by atoms with Gasteiger partial charge in [0.1, 0.15) is 0 Å². The lowest BCUT2D eigenvalue weighted by Gasteiger charge is -2.36. The normalized spacial score (nSPS) is 17.3. The van der Waals surface area contributed by atoms with Crippen LogP contribution in [0.4, 0.5) is 4.79 Å². The van der Waals surface area contributed by atoms with E-state index in [9.17, 15) is 14.7 Å². The predicted molar refractivity (Wildman–Crippen MR) is 77.8 cm³/mol. The molecule has 1 aromatic heterocycles. The molecule has 0 aromatic carbocycles. The fraction of sp³-hybridized carbons (Fsp3) is 0.533. The molecule has 6 nitrogen and oxygen atoms in total. The van der Waals surface area contributed by atoms with Crippen LogP contribution < -0.4 is 5.32 Å². The van der Waals surface area contributed by atoms with Gasteiger partial charge in [0.15, 0.2) is 0 Å². The number of carbonyl (C=O) groups is 2. The molecule has 0 unspecified atom stereocenters. The minimum absolute atomic E-state index is 0.161. The molecule has 0 radical (unpaired) electrons. The number of hydrogen-bond donors (Lipinski definition) is 2. The topological polar surface area (TPSA) is 82.5 Å². The van der Waals surface area contributed by atoms with E-state index in [0.717, 1.165) is 11.4 Å². The number of carboxylic acid groups (broad SMARTS) is 1. The van der Waals surface area contributed by atoms with Crippen molar-refractivity contribution in [1.29, 1.82) is 0 Å². The van der Waals surface area contributed by atoms with Crippen molar-refractivity contribution in [1.82, 2.24) is 15.2 Å². The first-order valence-electron chi connectivity index (χ1n) is 7.09. The zero-order chi connectivity index (χ0) is 15.5. The Labute approximate surface area is 124 Å². The smallest absolute Gasteiger partial charge is 0.317 e. The third-order valence-corrected chi connectivity index (χ3v) is 4.04. The van der Waals surface area contributed by atoms with E-state index < -0.39 is 11.4 Å². The Hall–Kier alpha value is -2.11. The first kappa shape index (κ1) is 15.3. The maximum Gasteiger partial charge on any atom is 0.317 e. The Morgan fingerprint density at radius 1 is 1.38 bits per heavy atom. The standard InChI is InChI=1S/C15H21N3O3/c1-11-4-3-5-12(17-11)10-16-14(21)18-8-6-15(2,7-9-18)13(19)20/h3-5H,6-10H2,1-2H3,(H,16,21)(H,19,20). The van der Waals surface area contributed by atoms with Gasteiger partial charge >= 0.3 is 12.0 Å². The maximum atomic E-state index is 12.1. The number of nitrogens with zero attached hydrogens (tertiary/aromatic N) is 2. The molecule has 1 aliphatic rings. The zero-order valence-corrected chi connectivity index (χ0v) is 12.4. The van der Waals surface area contributed by atoms with E-state index >= 15 is 0 Å². The summed E-state index contributed by atoms with van der Waals surface area (Å²) in [5, 5.41) is 12.0. The summed E-state index contributed by atoms with van der Waals surface area (Å²) in [7, 11) is 0. The molecule has 0 spiro atoms. The molecule has 1 aliphatic heterocycles. The molecule has 2 rings (SSSR count). The molecule has 1 aromatic rings. The number of aryl methyl sites for hydroxylation is 1. The Kier molecular flexibility index (Phi) is 4.45. The van der Waals surface area contributed by atoms with Gasteiger partial charge in [0.2, 0.25) is 0 Å². The average molecular weight is 291 g/mol. The van der Waals surface area contributed by atoms with E-state index in [1.165, 1.54) is 0 Å². The highest BCUT2D eigenvalue weighted by atomic mass is 16.4. The lowest BCUT2D eigenvalue weighted by molar-refractivity contribution is -0.150. The monoisotopic (exact) mass is 291 g/mol. The van der Waals surface area contributed by atoms with Crippen molar-refractivity contribution in [2.24, 2.45) is 5.41 Å². The summed E-state index contributed by atoms with van der Waals surface area (Å²) >= 11 is 0. The van der Waals surface area contributed by atoms with Gasteiger partial charge in [-0.1, -0.05) is 6.07 Å². The summed E-state index contributed by atoms with van der Waals surface area (Å²) in [6.07, 6.45) is 0.969. The molecule has 21 heavy (non-hydrogen) atoms. The third kappa shape index (κ3) is 3.71. The highest BCUT2D eigenvalue weighted by Crippen LogP contribution is 2.30. The number of piperidine rings is 1. The second-order valence-electron chi connectivity index (χ2n) is 5.78. The summed E-state index contributed by atoms with van der Waals surface area (Å²) in [4.78, 5) is 29.2. The van der Waals surface area contributed by atoms with Gasteiger partial charge in [-0.05, 0) is 38.8 Å². The summed E-state index contributed by atoms with van der Waals surface area (Å²) in [5.74, 6) is -0.786. The zero-order valence-electron chi connectivity index (χ0n) is 12.4. The first-order chi connectivity index (χ1) is 9.90. The number of rotatable bonds is 3. The van der Waals surface area contributed by atoms with Crippen molar-refractivity contribution in [3.8, 4) is 0 Å². The van der Waals surface area contributed by atoms with Crippen LogP contribution >= 0.6 is 0 Å². The van der Waals surface area contributed by atoms with Crippen molar-refractivity contribution in [3.05, 3.63) is 29.6 Å². The van der Waals surface area contributed by atoms with Crippen molar-refractivity contribution in [2.75, 3.05) is 13.1 Å². The summed E-state index contributed by atoms with van der Waals surface area (Å²) in [5.41, 5.74) is 1.02. The number of urea groups is 1. The quantitative estimate of drug-likeness (QED) is 0.889. The minimum Gasteiger partial charge on any atom is -0.481 e. The second kappa shape index (κ2) is 6.11. The van der Waals surface area contributed by atoms with Crippen molar-refractivity contribution in [3.63, 3.8) is 0 Å². The number of pyridine rings is 1. The molecule has 1 saturated heterocycles. The van der Waals surface area contributed by atoms with Gasteiger partial charge in [-0.2, -0.15) is 0 Å². The van der Waals surface area contributed by atoms with Crippen LogP contribution in [0.2, 0.25) is 0 Å². The number of aliphatic carboxylic acids is 1. The van der Waals surface area contributed by atoms with E-state index in [4.69, 9.17) is 0 Å². The molecule has 114 valence electrons. The second-order valence-corrected chi connectivity index (χ2v) is 5.78. The highest BCUT2D eigenvalue weighted by Gasteiger charge is 2.37. The van der Waals surface area contributed by atoms with Crippen LogP contribution in [0.25, 0.3) is 0 Å². The SMILES string of the molecule is Cc1cccc(CNC(=O)N2CCC(C)(C(=O)O)CC2)n1. The van der Waals surface area contributed by atoms with Crippen LogP contribution in [0, 0.1) is 12.3 Å². The van der Waals surface area contributed by atoms with Gasteiger partial charge in [-0.15, -0.1) is 0 Å². The maximum absolute atomic E-state index is 12.1. The number of carboxylic acids is 1. The Bertz CT molecular complexity index is 537. The van der Waals surface area contributed by atoms with Crippen LogP contribution in [0.3, 0.4) is 0 Å². The Morgan fingerprint density at radius 2 is 2.05 bits per heavy atom. The highest BCUT2D eigenvalue weighted by molar-refractivity contribution is 5.76. The van der Waals surface area contributed by atoms with Crippen LogP contribution in [0.15, 0.2) is 18.2 Å². The molecule has 0 atom stereocenters. The molecule has 0 saturated carbocycles. The van der Waals surface area contributed by atoms with Gasteiger partial charge in [0.05, 0.1) is 17.7 Å².